The maximum absolute atomic E-state index is 14.8. The number of Topliss-reactive ketones (excluding diaryl/α,β-unsaturated/α-hetero) is 1. The zero-order chi connectivity index (χ0) is 24.2. The zero-order valence-corrected chi connectivity index (χ0v) is 20.7. The monoisotopic (exact) mass is 473 g/mol. The number of alkyl carbamates (subject to hydrolysis) is 1. The van der Waals surface area contributed by atoms with Gasteiger partial charge in [-0.3, -0.25) is 4.79 Å². The van der Waals surface area contributed by atoms with Crippen LogP contribution in [0.2, 0.25) is 0 Å². The highest BCUT2D eigenvalue weighted by molar-refractivity contribution is 7.53. The molecule has 0 spiro atoms. The molecule has 2 atom stereocenters. The molecule has 0 radical (unpaired) electrons. The largest absolute Gasteiger partial charge is 0.444 e. The molecule has 32 heavy (non-hydrogen) atoms. The second kappa shape index (κ2) is 13.6. The van der Waals surface area contributed by atoms with Crippen molar-refractivity contribution >= 4 is 19.5 Å². The molecule has 7 nitrogen and oxygen atoms in total. The highest BCUT2D eigenvalue weighted by Crippen LogP contribution is 2.46. The number of amides is 1. The van der Waals surface area contributed by atoms with Crippen molar-refractivity contribution in [2.24, 2.45) is 0 Å². The molecule has 0 aliphatic rings. The van der Waals surface area contributed by atoms with Crippen molar-refractivity contribution in [3.8, 4) is 5.75 Å². The Balaban J connectivity index is 2.35. The average molecular weight is 474 g/mol. The van der Waals surface area contributed by atoms with Gasteiger partial charge in [0.15, 0.2) is 12.0 Å². The van der Waals surface area contributed by atoms with E-state index in [1.165, 1.54) is 18.8 Å². The van der Waals surface area contributed by atoms with Crippen LogP contribution in [-0.2, 0) is 18.6 Å². The van der Waals surface area contributed by atoms with E-state index in [1.807, 2.05) is 20.8 Å². The normalized spacial score (nSPS) is 14.3. The second-order valence-electron chi connectivity index (χ2n) is 8.59. The molecule has 0 heterocycles. The van der Waals surface area contributed by atoms with Gasteiger partial charge in [0.2, 0.25) is 0 Å². The predicted molar refractivity (Wildman–Crippen MR) is 123 cm³/mol. The summed E-state index contributed by atoms with van der Waals surface area (Å²) in [4.78, 5) is 23.9. The summed E-state index contributed by atoms with van der Waals surface area (Å²) in [5.74, 6) is -0.472. The SMILES string of the molecule is CCOP(C)(=O)Oc1ccccc1C(F)C(=O)CCCCCCCNC(=O)OC(C)(C)C. The number of unbranched alkanes of at least 4 members (excludes halogenated alkanes) is 4. The Morgan fingerprint density at radius 2 is 1.72 bits per heavy atom. The lowest BCUT2D eigenvalue weighted by Crippen LogP contribution is -2.32. The number of para-hydroxylation sites is 1. The Bertz CT molecular complexity index is 780. The third-order valence-electron chi connectivity index (χ3n) is 4.37. The minimum Gasteiger partial charge on any atom is -0.444 e. The van der Waals surface area contributed by atoms with Crippen molar-refractivity contribution in [3.05, 3.63) is 29.8 Å². The maximum atomic E-state index is 14.8. The number of halogens is 1. The number of hydrogen-bond acceptors (Lipinski definition) is 6. The number of rotatable bonds is 14. The van der Waals surface area contributed by atoms with Crippen LogP contribution in [0, 0.1) is 0 Å². The Kier molecular flexibility index (Phi) is 11.9. The van der Waals surface area contributed by atoms with Crippen LogP contribution in [-0.4, -0.2) is 37.3 Å². The molecule has 1 amide bonds. The number of carbonyl (C=O) groups is 2. The van der Waals surface area contributed by atoms with Crippen LogP contribution >= 0.6 is 7.60 Å². The summed E-state index contributed by atoms with van der Waals surface area (Å²) in [6, 6.07) is 6.17. The van der Waals surface area contributed by atoms with E-state index in [2.05, 4.69) is 5.32 Å². The van der Waals surface area contributed by atoms with E-state index < -0.39 is 31.2 Å². The Morgan fingerprint density at radius 1 is 1.09 bits per heavy atom. The van der Waals surface area contributed by atoms with Gasteiger partial charge in [-0.05, 0) is 46.6 Å². The molecule has 0 bridgehead atoms. The van der Waals surface area contributed by atoms with Gasteiger partial charge in [-0.1, -0.05) is 37.5 Å². The predicted octanol–water partition coefficient (Wildman–Crippen LogP) is 6.37. The van der Waals surface area contributed by atoms with E-state index in [-0.39, 0.29) is 24.3 Å². The van der Waals surface area contributed by atoms with Crippen molar-refractivity contribution in [1.82, 2.24) is 5.32 Å². The molecule has 9 heteroatoms. The van der Waals surface area contributed by atoms with Gasteiger partial charge in [0.1, 0.15) is 11.4 Å². The summed E-state index contributed by atoms with van der Waals surface area (Å²) in [7, 11) is -3.38. The van der Waals surface area contributed by atoms with E-state index in [0.29, 0.717) is 13.0 Å². The fraction of sp³-hybridized carbons (Fsp3) is 0.652. The van der Waals surface area contributed by atoms with Crippen molar-refractivity contribution in [3.63, 3.8) is 0 Å². The molecule has 0 fully saturated rings. The summed E-state index contributed by atoms with van der Waals surface area (Å²) in [5.41, 5.74) is -0.454. The molecule has 0 saturated heterocycles. The molecule has 1 N–H and O–H groups in total. The minimum atomic E-state index is -3.38. The summed E-state index contributed by atoms with van der Waals surface area (Å²) in [5, 5.41) is 2.71. The fourth-order valence-corrected chi connectivity index (χ4v) is 4.02. The first-order chi connectivity index (χ1) is 14.9. The van der Waals surface area contributed by atoms with Crippen LogP contribution in [0.4, 0.5) is 9.18 Å². The van der Waals surface area contributed by atoms with Gasteiger partial charge < -0.3 is 19.1 Å². The Hall–Kier alpha value is -1.92. The van der Waals surface area contributed by atoms with Gasteiger partial charge >= 0.3 is 13.7 Å². The highest BCUT2D eigenvalue weighted by Gasteiger charge is 2.26. The van der Waals surface area contributed by atoms with Gasteiger partial charge in [0.25, 0.3) is 0 Å². The second-order valence-corrected chi connectivity index (χ2v) is 10.6. The lowest BCUT2D eigenvalue weighted by atomic mass is 10.0. The molecule has 0 aliphatic carbocycles. The number of benzene rings is 1. The van der Waals surface area contributed by atoms with Gasteiger partial charge in [-0.25, -0.2) is 13.8 Å². The first-order valence-corrected chi connectivity index (χ1v) is 13.1. The van der Waals surface area contributed by atoms with Gasteiger partial charge in [-0.2, -0.15) is 0 Å². The Morgan fingerprint density at radius 3 is 2.38 bits per heavy atom. The molecule has 182 valence electrons. The summed E-state index contributed by atoms with van der Waals surface area (Å²) < 4.78 is 42.7. The number of nitrogens with one attached hydrogen (secondary N) is 1. The van der Waals surface area contributed by atoms with Crippen LogP contribution in [0.3, 0.4) is 0 Å². The van der Waals surface area contributed by atoms with Crippen LogP contribution in [0.25, 0.3) is 0 Å². The number of alkyl halides is 1. The van der Waals surface area contributed by atoms with E-state index in [1.54, 1.807) is 19.1 Å². The summed E-state index contributed by atoms with van der Waals surface area (Å²) in [6.45, 7) is 9.15. The van der Waals surface area contributed by atoms with Gasteiger partial charge in [0.05, 0.1) is 6.61 Å². The number of ether oxygens (including phenoxy) is 1. The first-order valence-electron chi connectivity index (χ1n) is 11.1. The molecule has 0 saturated carbocycles. The zero-order valence-electron chi connectivity index (χ0n) is 19.8. The molecular weight excluding hydrogens is 436 g/mol. The third kappa shape index (κ3) is 11.6. The van der Waals surface area contributed by atoms with Crippen molar-refractivity contribution < 1.29 is 32.3 Å². The number of ketones is 1. The van der Waals surface area contributed by atoms with Gasteiger partial charge in [-0.15, -0.1) is 0 Å². The molecule has 1 aromatic carbocycles. The quantitative estimate of drug-likeness (QED) is 0.249. The smallest absolute Gasteiger partial charge is 0.407 e. The van der Waals surface area contributed by atoms with Crippen molar-refractivity contribution in [2.75, 3.05) is 19.8 Å². The maximum Gasteiger partial charge on any atom is 0.407 e. The molecule has 2 unspecified atom stereocenters. The number of carbonyl (C=O) groups excluding carboxylic acids is 2. The molecule has 0 aliphatic heterocycles. The minimum absolute atomic E-state index is 0.0603. The average Bonchev–Trinajstić information content (AvgIpc) is 2.68. The van der Waals surface area contributed by atoms with E-state index in [9.17, 15) is 18.5 Å². The lowest BCUT2D eigenvalue weighted by molar-refractivity contribution is -0.124. The summed E-state index contributed by atoms with van der Waals surface area (Å²) >= 11 is 0. The highest BCUT2D eigenvalue weighted by atomic mass is 31.2. The molecule has 1 rings (SSSR count). The van der Waals surface area contributed by atoms with E-state index in [4.69, 9.17) is 13.8 Å². The standard InChI is InChI=1S/C23H37FNO6P/c1-6-29-32(5,28)31-20-16-12-11-14-18(20)21(24)19(26)15-10-8-7-9-13-17-25-22(27)30-23(2,3)4/h11-12,14,16,21H,6-10,13,15,17H2,1-5H3,(H,25,27). The molecule has 1 aromatic rings. The molecular formula is C23H37FNO6P. The summed E-state index contributed by atoms with van der Waals surface area (Å²) in [6.07, 6.45) is 1.79. The van der Waals surface area contributed by atoms with Crippen LogP contribution in [0.5, 0.6) is 5.75 Å². The first kappa shape index (κ1) is 28.1. The van der Waals surface area contributed by atoms with Crippen molar-refractivity contribution in [2.45, 2.75) is 78.0 Å². The van der Waals surface area contributed by atoms with Gasteiger partial charge in [0, 0.05) is 25.2 Å². The van der Waals surface area contributed by atoms with Crippen LogP contribution in [0.1, 0.15) is 78.0 Å². The topological polar surface area (TPSA) is 90.9 Å². The Labute approximate surface area is 190 Å². The number of hydrogen-bond donors (Lipinski definition) is 1. The lowest BCUT2D eigenvalue weighted by Gasteiger charge is -2.19. The van der Waals surface area contributed by atoms with Crippen LogP contribution in [0.15, 0.2) is 24.3 Å². The molecule has 0 aromatic heterocycles. The fourth-order valence-electron chi connectivity index (χ4n) is 2.97. The third-order valence-corrected chi connectivity index (χ3v) is 5.63. The van der Waals surface area contributed by atoms with E-state index in [0.717, 1.165) is 25.7 Å². The van der Waals surface area contributed by atoms with E-state index >= 15 is 0 Å². The van der Waals surface area contributed by atoms with Crippen molar-refractivity contribution in [1.29, 1.82) is 0 Å². The van der Waals surface area contributed by atoms with Crippen LogP contribution < -0.4 is 9.84 Å².